The minimum Gasteiger partial charge on any atom is -0.389 e. The van der Waals surface area contributed by atoms with Gasteiger partial charge in [-0.1, -0.05) is 22.0 Å². The normalized spacial score (nSPS) is 13.1. The second-order valence-electron chi connectivity index (χ2n) is 8.78. The van der Waals surface area contributed by atoms with Crippen molar-refractivity contribution in [3.8, 4) is 0 Å². The highest BCUT2D eigenvalue weighted by atomic mass is 79.9. The zero-order chi connectivity index (χ0) is 26.9. The van der Waals surface area contributed by atoms with Crippen molar-refractivity contribution in [3.63, 3.8) is 0 Å². The maximum Gasteiger partial charge on any atom is 0.221 e. The molecule has 12 heteroatoms. The van der Waals surface area contributed by atoms with Gasteiger partial charge in [0.15, 0.2) is 0 Å². The highest BCUT2D eigenvalue weighted by molar-refractivity contribution is 9.10. The van der Waals surface area contributed by atoms with Crippen LogP contribution in [0.4, 0.5) is 8.78 Å². The van der Waals surface area contributed by atoms with Gasteiger partial charge >= 0.3 is 0 Å². The molecule has 202 valence electrons. The van der Waals surface area contributed by atoms with Crippen molar-refractivity contribution in [2.75, 3.05) is 26.2 Å². The van der Waals surface area contributed by atoms with Gasteiger partial charge in [-0.25, -0.2) is 13.8 Å². The van der Waals surface area contributed by atoms with Crippen LogP contribution in [-0.4, -0.2) is 62.7 Å². The largest absolute Gasteiger partial charge is 0.389 e. The van der Waals surface area contributed by atoms with Gasteiger partial charge in [0, 0.05) is 65.8 Å². The van der Waals surface area contributed by atoms with E-state index in [1.54, 1.807) is 0 Å². The molecule has 0 bridgehead atoms. The van der Waals surface area contributed by atoms with E-state index in [0.29, 0.717) is 26.1 Å². The number of aliphatic hydroxyl groups is 1. The molecule has 0 radical (unpaired) electrons. The van der Waals surface area contributed by atoms with Crippen LogP contribution in [0, 0.1) is 11.6 Å². The van der Waals surface area contributed by atoms with Gasteiger partial charge in [0.25, 0.3) is 0 Å². The Morgan fingerprint density at radius 1 is 1.16 bits per heavy atom. The molecule has 4 rings (SSSR count). The lowest BCUT2D eigenvalue weighted by Gasteiger charge is -2.21. The summed E-state index contributed by atoms with van der Waals surface area (Å²) in [5.41, 5.74) is 1.23. The number of fused-ring (bicyclic) bond motifs is 1. The summed E-state index contributed by atoms with van der Waals surface area (Å²) in [6.07, 6.45) is 3.45. The number of aromatic nitrogens is 4. The molecule has 2 heterocycles. The summed E-state index contributed by atoms with van der Waals surface area (Å²) in [5, 5.41) is 21.4. The van der Waals surface area contributed by atoms with Crippen molar-refractivity contribution in [2.45, 2.75) is 31.7 Å². The van der Waals surface area contributed by atoms with Crippen LogP contribution in [-0.2, 0) is 22.6 Å². The topological polar surface area (TPSA) is 106 Å². The Morgan fingerprint density at radius 2 is 2.03 bits per heavy atom. The van der Waals surface area contributed by atoms with Gasteiger partial charge in [-0.05, 0) is 30.3 Å². The number of aryl methyl sites for hydroxylation is 1. The van der Waals surface area contributed by atoms with E-state index in [9.17, 15) is 18.7 Å². The molecule has 9 nitrogen and oxygen atoms in total. The van der Waals surface area contributed by atoms with Crippen LogP contribution in [0.25, 0.3) is 10.9 Å². The van der Waals surface area contributed by atoms with E-state index in [0.717, 1.165) is 27.5 Å². The maximum atomic E-state index is 14.3. The summed E-state index contributed by atoms with van der Waals surface area (Å²) in [4.78, 5) is 16.1. The highest BCUT2D eigenvalue weighted by Crippen LogP contribution is 2.24. The average molecular weight is 591 g/mol. The molecule has 3 N–H and O–H groups in total. The van der Waals surface area contributed by atoms with Gasteiger partial charge in [0.05, 0.1) is 19.3 Å². The first-order valence-electron chi connectivity index (χ1n) is 12.2. The molecule has 0 aliphatic carbocycles. The quantitative estimate of drug-likeness (QED) is 0.195. The number of nitrogens with one attached hydrogen (secondary N) is 2. The van der Waals surface area contributed by atoms with E-state index in [1.807, 2.05) is 35.0 Å². The number of amides is 1. The summed E-state index contributed by atoms with van der Waals surface area (Å²) in [7, 11) is 0. The van der Waals surface area contributed by atoms with Crippen LogP contribution in [0.2, 0.25) is 0 Å². The Labute approximate surface area is 226 Å². The molecule has 1 amide bonds. The number of ether oxygens (including phenoxy) is 1. The fraction of sp³-hybridized carbons (Fsp3) is 0.346. The molecule has 2 aromatic carbocycles. The third kappa shape index (κ3) is 7.90. The molecule has 0 saturated carbocycles. The van der Waals surface area contributed by atoms with Crippen molar-refractivity contribution in [3.05, 3.63) is 83.0 Å². The van der Waals surface area contributed by atoms with Crippen LogP contribution < -0.4 is 10.6 Å². The summed E-state index contributed by atoms with van der Waals surface area (Å²) >= 11 is 3.46. The molecule has 0 aliphatic heterocycles. The van der Waals surface area contributed by atoms with E-state index < -0.39 is 23.8 Å². The first-order valence-corrected chi connectivity index (χ1v) is 13.0. The second-order valence-corrected chi connectivity index (χ2v) is 9.69. The van der Waals surface area contributed by atoms with Gasteiger partial charge in [-0.2, -0.15) is 5.10 Å². The second kappa shape index (κ2) is 13.6. The first-order chi connectivity index (χ1) is 18.4. The lowest BCUT2D eigenvalue weighted by Crippen LogP contribution is -2.37. The predicted molar refractivity (Wildman–Crippen MR) is 141 cm³/mol. The highest BCUT2D eigenvalue weighted by Gasteiger charge is 2.20. The summed E-state index contributed by atoms with van der Waals surface area (Å²) in [5.74, 6) is -1.49. The fourth-order valence-electron chi connectivity index (χ4n) is 4.02. The molecular weight excluding hydrogens is 562 g/mol. The first kappa shape index (κ1) is 27.8. The average Bonchev–Trinajstić information content (AvgIpc) is 3.55. The van der Waals surface area contributed by atoms with E-state index in [4.69, 9.17) is 4.74 Å². The molecule has 2 atom stereocenters. The molecule has 0 aliphatic rings. The van der Waals surface area contributed by atoms with E-state index in [2.05, 4.69) is 36.6 Å². The number of hydrogen-bond donors (Lipinski definition) is 3. The number of rotatable bonds is 14. The van der Waals surface area contributed by atoms with Crippen molar-refractivity contribution in [1.29, 1.82) is 0 Å². The van der Waals surface area contributed by atoms with Gasteiger partial charge in [0.2, 0.25) is 5.91 Å². The smallest absolute Gasteiger partial charge is 0.221 e. The molecular formula is C26H29BrF2N6O3. The molecule has 4 aromatic rings. The van der Waals surface area contributed by atoms with Crippen LogP contribution in [0.3, 0.4) is 0 Å². The monoisotopic (exact) mass is 590 g/mol. The maximum absolute atomic E-state index is 14.3. The number of halogens is 3. The van der Waals surface area contributed by atoms with Gasteiger partial charge in [-0.15, -0.1) is 0 Å². The van der Waals surface area contributed by atoms with Crippen molar-refractivity contribution < 1.29 is 23.4 Å². The molecule has 0 spiro atoms. The number of hydrogen-bond acceptors (Lipinski definition) is 6. The Kier molecular flexibility index (Phi) is 9.93. The standard InChI is InChI=1S/C26H29BrF2N6O3/c27-19-1-4-24-18(11-19)5-9-34(24)10-6-26(37)32-8-7-30-13-21(36)15-38-25(14-35-17-31-16-33-35)22-3-2-20(28)12-23(22)29/h1-5,9,11-12,16-17,21,25,30,36H,6-8,10,13-15H2,(H,32,37). The lowest BCUT2D eigenvalue weighted by molar-refractivity contribution is -0.121. The van der Waals surface area contributed by atoms with Crippen LogP contribution >= 0.6 is 15.9 Å². The number of carbonyl (C=O) groups is 1. The molecule has 38 heavy (non-hydrogen) atoms. The summed E-state index contributed by atoms with van der Waals surface area (Å²) in [6, 6.07) is 11.3. The molecule has 0 saturated heterocycles. The Balaban J connectivity index is 1.15. The zero-order valence-electron chi connectivity index (χ0n) is 20.6. The third-order valence-corrected chi connectivity index (χ3v) is 6.43. The Morgan fingerprint density at radius 3 is 2.82 bits per heavy atom. The molecule has 2 aromatic heterocycles. The number of benzene rings is 2. The van der Waals surface area contributed by atoms with Crippen molar-refractivity contribution in [1.82, 2.24) is 30.0 Å². The summed E-state index contributed by atoms with van der Waals surface area (Å²) < 4.78 is 38.0. The summed E-state index contributed by atoms with van der Waals surface area (Å²) in [6.45, 7) is 1.70. The number of nitrogens with zero attached hydrogens (tertiary/aromatic N) is 4. The minimum atomic E-state index is -0.880. The third-order valence-electron chi connectivity index (χ3n) is 5.94. The van der Waals surface area contributed by atoms with Crippen molar-refractivity contribution >= 4 is 32.7 Å². The number of carbonyl (C=O) groups excluding carboxylic acids is 1. The van der Waals surface area contributed by atoms with Crippen LogP contribution in [0.1, 0.15) is 18.1 Å². The van der Waals surface area contributed by atoms with Gasteiger partial charge in [-0.3, -0.25) is 9.48 Å². The molecule has 0 fully saturated rings. The Bertz CT molecular complexity index is 1330. The van der Waals surface area contributed by atoms with Crippen LogP contribution in [0.5, 0.6) is 0 Å². The van der Waals surface area contributed by atoms with E-state index in [-0.39, 0.29) is 31.2 Å². The van der Waals surface area contributed by atoms with E-state index >= 15 is 0 Å². The van der Waals surface area contributed by atoms with Crippen molar-refractivity contribution in [2.24, 2.45) is 0 Å². The number of aliphatic hydroxyl groups excluding tert-OH is 1. The predicted octanol–water partition coefficient (Wildman–Crippen LogP) is 3.19. The minimum absolute atomic E-state index is 0.0630. The lowest BCUT2D eigenvalue weighted by atomic mass is 10.1. The SMILES string of the molecule is O=C(CCn1ccc2cc(Br)ccc21)NCCNCC(O)COC(Cn1cncn1)c1ccc(F)cc1F. The molecule has 2 unspecified atom stereocenters. The zero-order valence-corrected chi connectivity index (χ0v) is 22.2. The van der Waals surface area contributed by atoms with Gasteiger partial charge < -0.3 is 25.0 Å². The van der Waals surface area contributed by atoms with E-state index in [1.165, 1.54) is 23.4 Å². The van der Waals surface area contributed by atoms with Gasteiger partial charge in [0.1, 0.15) is 30.4 Å². The fourth-order valence-corrected chi connectivity index (χ4v) is 4.40. The Hall–Kier alpha value is -3.19. The van der Waals surface area contributed by atoms with Crippen LogP contribution in [0.15, 0.2) is 65.8 Å².